The number of rotatable bonds is 5. The maximum Gasteiger partial charge on any atom is 0.270 e. The number of nitrogens with one attached hydrogen (secondary N) is 1. The summed E-state index contributed by atoms with van der Waals surface area (Å²) in [7, 11) is 0. The molecule has 3 fully saturated rings. The zero-order valence-corrected chi connectivity index (χ0v) is 14.0. The third-order valence-electron chi connectivity index (χ3n) is 4.68. The van der Waals surface area contributed by atoms with E-state index in [0.29, 0.717) is 12.2 Å². The molecule has 1 aliphatic carbocycles. The number of ether oxygens (including phenoxy) is 2. The van der Waals surface area contributed by atoms with Crippen molar-refractivity contribution in [1.29, 1.82) is 0 Å². The molecule has 1 saturated carbocycles. The normalized spacial score (nSPS) is 28.9. The first-order valence-electron chi connectivity index (χ1n) is 8.50. The molecule has 2 aliphatic heterocycles. The van der Waals surface area contributed by atoms with Crippen LogP contribution in [0.1, 0.15) is 47.3 Å². The summed E-state index contributed by atoms with van der Waals surface area (Å²) in [6.45, 7) is 4.04. The smallest absolute Gasteiger partial charge is 0.270 e. The van der Waals surface area contributed by atoms with Gasteiger partial charge in [-0.2, -0.15) is 0 Å². The fourth-order valence-electron chi connectivity index (χ4n) is 3.25. The molecule has 0 bridgehead atoms. The number of thiazole rings is 1. The van der Waals surface area contributed by atoms with Crippen molar-refractivity contribution in [2.75, 3.05) is 32.8 Å². The van der Waals surface area contributed by atoms with E-state index in [1.165, 1.54) is 24.2 Å². The summed E-state index contributed by atoms with van der Waals surface area (Å²) in [6.07, 6.45) is 4.86. The van der Waals surface area contributed by atoms with E-state index in [4.69, 9.17) is 9.47 Å². The van der Waals surface area contributed by atoms with E-state index in [1.54, 1.807) is 0 Å². The first-order chi connectivity index (χ1) is 11.3. The van der Waals surface area contributed by atoms with Crippen LogP contribution in [0, 0.1) is 0 Å². The molecule has 0 unspecified atom stereocenters. The molecule has 7 heteroatoms. The van der Waals surface area contributed by atoms with Gasteiger partial charge < -0.3 is 14.8 Å². The van der Waals surface area contributed by atoms with E-state index in [9.17, 15) is 4.79 Å². The Morgan fingerprint density at radius 2 is 2.26 bits per heavy atom. The second-order valence-electron chi connectivity index (χ2n) is 6.50. The fourth-order valence-corrected chi connectivity index (χ4v) is 4.13. The molecule has 0 spiro atoms. The van der Waals surface area contributed by atoms with Crippen LogP contribution < -0.4 is 5.32 Å². The number of carbonyl (C=O) groups is 1. The molecule has 23 heavy (non-hydrogen) atoms. The first-order valence-corrected chi connectivity index (χ1v) is 9.38. The molecule has 4 rings (SSSR count). The van der Waals surface area contributed by atoms with Gasteiger partial charge in [0.2, 0.25) is 0 Å². The van der Waals surface area contributed by atoms with Gasteiger partial charge in [-0.1, -0.05) is 0 Å². The van der Waals surface area contributed by atoms with Gasteiger partial charge in [0.15, 0.2) is 0 Å². The average molecular weight is 337 g/mol. The number of hydrogen-bond donors (Lipinski definition) is 1. The van der Waals surface area contributed by atoms with Crippen LogP contribution in [-0.2, 0) is 9.47 Å². The highest BCUT2D eigenvalue weighted by atomic mass is 32.1. The summed E-state index contributed by atoms with van der Waals surface area (Å²) < 4.78 is 11.4. The van der Waals surface area contributed by atoms with Gasteiger partial charge in [0.05, 0.1) is 12.7 Å². The average Bonchev–Trinajstić information content (AvgIpc) is 3.08. The zero-order valence-electron chi connectivity index (χ0n) is 13.2. The van der Waals surface area contributed by atoms with E-state index in [2.05, 4.69) is 15.2 Å². The Morgan fingerprint density at radius 1 is 1.35 bits per heavy atom. The molecule has 1 aromatic heterocycles. The largest absolute Gasteiger partial charge is 0.374 e. The molecule has 126 valence electrons. The maximum absolute atomic E-state index is 12.3. The summed E-state index contributed by atoms with van der Waals surface area (Å²) in [5.41, 5.74) is 0.496. The number of morpholine rings is 1. The monoisotopic (exact) mass is 337 g/mol. The molecule has 1 N–H and O–H groups in total. The number of carbonyl (C=O) groups excluding carboxylic acids is 1. The van der Waals surface area contributed by atoms with Gasteiger partial charge in [-0.25, -0.2) is 4.98 Å². The van der Waals surface area contributed by atoms with Crippen molar-refractivity contribution in [2.24, 2.45) is 0 Å². The summed E-state index contributed by atoms with van der Waals surface area (Å²) in [6, 6.07) is 0.754. The van der Waals surface area contributed by atoms with Crippen LogP contribution >= 0.6 is 11.3 Å². The van der Waals surface area contributed by atoms with Gasteiger partial charge in [0.25, 0.3) is 5.91 Å². The van der Waals surface area contributed by atoms with Crippen LogP contribution in [0.25, 0.3) is 0 Å². The van der Waals surface area contributed by atoms with E-state index in [1.807, 2.05) is 5.38 Å². The van der Waals surface area contributed by atoms with Crippen molar-refractivity contribution in [3.8, 4) is 0 Å². The minimum Gasteiger partial charge on any atom is -0.374 e. The quantitative estimate of drug-likeness (QED) is 0.884. The number of hydrogen-bond acceptors (Lipinski definition) is 6. The number of nitrogens with zero attached hydrogens (tertiary/aromatic N) is 2. The SMILES string of the molecule is O=C(NC[C@H]1CN(C2CC2)CCO1)c1csc([C@H]2CCCO2)n1. The summed E-state index contributed by atoms with van der Waals surface area (Å²) in [5, 5.41) is 5.71. The summed E-state index contributed by atoms with van der Waals surface area (Å²) >= 11 is 1.51. The Hall–Kier alpha value is -1.02. The molecule has 2 saturated heterocycles. The Kier molecular flexibility index (Phi) is 4.61. The minimum atomic E-state index is -0.113. The van der Waals surface area contributed by atoms with Gasteiger partial charge in [-0.15, -0.1) is 11.3 Å². The summed E-state index contributed by atoms with van der Waals surface area (Å²) in [5.74, 6) is -0.113. The molecule has 3 aliphatic rings. The molecule has 3 heterocycles. The highest BCUT2D eigenvalue weighted by Crippen LogP contribution is 2.30. The van der Waals surface area contributed by atoms with Gasteiger partial charge in [-0.3, -0.25) is 9.69 Å². The lowest BCUT2D eigenvalue weighted by Crippen LogP contribution is -2.48. The van der Waals surface area contributed by atoms with Crippen LogP contribution in [-0.4, -0.2) is 60.8 Å². The molecule has 2 atom stereocenters. The third-order valence-corrected chi connectivity index (χ3v) is 5.62. The lowest BCUT2D eigenvalue weighted by Gasteiger charge is -2.33. The number of aromatic nitrogens is 1. The van der Waals surface area contributed by atoms with E-state index in [-0.39, 0.29) is 18.1 Å². The molecule has 1 aromatic rings. The second kappa shape index (κ2) is 6.84. The van der Waals surface area contributed by atoms with Crippen LogP contribution in [0.15, 0.2) is 5.38 Å². The van der Waals surface area contributed by atoms with Gasteiger partial charge in [0, 0.05) is 37.7 Å². The zero-order chi connectivity index (χ0) is 15.6. The van der Waals surface area contributed by atoms with Crippen LogP contribution in [0.4, 0.5) is 0 Å². The first kappa shape index (κ1) is 15.5. The van der Waals surface area contributed by atoms with Crippen molar-refractivity contribution in [3.63, 3.8) is 0 Å². The summed E-state index contributed by atoms with van der Waals surface area (Å²) in [4.78, 5) is 19.2. The predicted molar refractivity (Wildman–Crippen MR) is 86.7 cm³/mol. The second-order valence-corrected chi connectivity index (χ2v) is 7.39. The molecule has 6 nitrogen and oxygen atoms in total. The Morgan fingerprint density at radius 3 is 3.04 bits per heavy atom. The Balaban J connectivity index is 1.27. The van der Waals surface area contributed by atoms with Crippen molar-refractivity contribution >= 4 is 17.2 Å². The molecule has 0 radical (unpaired) electrons. The third kappa shape index (κ3) is 3.74. The fraction of sp³-hybridized carbons (Fsp3) is 0.750. The molecular weight excluding hydrogens is 314 g/mol. The van der Waals surface area contributed by atoms with Gasteiger partial charge in [0.1, 0.15) is 16.8 Å². The lowest BCUT2D eigenvalue weighted by molar-refractivity contribution is -0.0293. The van der Waals surface area contributed by atoms with Gasteiger partial charge in [-0.05, 0) is 25.7 Å². The van der Waals surface area contributed by atoms with Crippen LogP contribution in [0.3, 0.4) is 0 Å². The van der Waals surface area contributed by atoms with Crippen LogP contribution in [0.5, 0.6) is 0 Å². The van der Waals surface area contributed by atoms with E-state index < -0.39 is 0 Å². The maximum atomic E-state index is 12.3. The number of amides is 1. The highest BCUT2D eigenvalue weighted by Gasteiger charge is 2.33. The standard InChI is InChI=1S/C16H23N3O3S/c20-15(13-10-23-16(18-13)14-2-1-6-22-14)17-8-12-9-19(5-7-21-12)11-3-4-11/h10-12,14H,1-9H2,(H,17,20)/t12-,14+/m0/s1. The van der Waals surface area contributed by atoms with Crippen molar-refractivity contribution in [1.82, 2.24) is 15.2 Å². The topological polar surface area (TPSA) is 63.7 Å². The van der Waals surface area contributed by atoms with E-state index in [0.717, 1.165) is 50.2 Å². The highest BCUT2D eigenvalue weighted by molar-refractivity contribution is 7.09. The molecule has 0 aromatic carbocycles. The Labute approximate surface area is 140 Å². The van der Waals surface area contributed by atoms with Crippen molar-refractivity contribution < 1.29 is 14.3 Å². The predicted octanol–water partition coefficient (Wildman–Crippen LogP) is 1.59. The van der Waals surface area contributed by atoms with E-state index >= 15 is 0 Å². The van der Waals surface area contributed by atoms with Crippen LogP contribution in [0.2, 0.25) is 0 Å². The van der Waals surface area contributed by atoms with Gasteiger partial charge >= 0.3 is 0 Å². The molecule has 1 amide bonds. The Bertz CT molecular complexity index is 555. The van der Waals surface area contributed by atoms with Crippen molar-refractivity contribution in [2.45, 2.75) is 43.9 Å². The molecular formula is C16H23N3O3S. The van der Waals surface area contributed by atoms with Crippen molar-refractivity contribution in [3.05, 3.63) is 16.1 Å². The minimum absolute atomic E-state index is 0.0790. The lowest BCUT2D eigenvalue weighted by atomic mass is 10.2.